The van der Waals surface area contributed by atoms with Gasteiger partial charge in [0.2, 0.25) is 18.7 Å². The minimum Gasteiger partial charge on any atom is -0.460 e. The highest BCUT2D eigenvalue weighted by atomic mass is 19.1. The van der Waals surface area contributed by atoms with Crippen LogP contribution in [0.5, 0.6) is 0 Å². The van der Waals surface area contributed by atoms with Crippen LogP contribution in [0, 0.1) is 18.7 Å². The van der Waals surface area contributed by atoms with Crippen molar-refractivity contribution in [2.75, 3.05) is 39.1 Å². The van der Waals surface area contributed by atoms with E-state index in [-0.39, 0.29) is 57.3 Å². The SMILES string of the molecule is CC(C)C(C)N.CCCNC.CC[C@H]1C(=O)OCc2c1cc1n(c2=O)Cc2c-1nc1cc(F)c(C)c3c1c2[C@@H](NC(=O)OCc1ccc(NC(=O)CNC=O)cc1CN(C)C(=O)OCC1c2ccccc2-c2ccccc21)CC3.NC=O. The molecule has 6 aromatic rings. The third-order valence-corrected chi connectivity index (χ3v) is 15.3. The summed E-state index contributed by atoms with van der Waals surface area (Å²) < 4.78 is 34.3. The second-order valence-electron chi connectivity index (χ2n) is 21.0. The maximum atomic E-state index is 15.5. The van der Waals surface area contributed by atoms with Gasteiger partial charge in [0.1, 0.15) is 25.6 Å². The number of pyridine rings is 2. The van der Waals surface area contributed by atoms with Crippen molar-refractivity contribution < 1.29 is 47.4 Å². The smallest absolute Gasteiger partial charge is 0.409 e. The van der Waals surface area contributed by atoms with Crippen molar-refractivity contribution >= 4 is 53.5 Å². The number of rotatable bonds is 15. The van der Waals surface area contributed by atoms with Crippen LogP contribution in [0.15, 0.2) is 83.7 Å². The van der Waals surface area contributed by atoms with Crippen LogP contribution < -0.4 is 38.3 Å². The molecule has 0 saturated carbocycles. The molecular weight excluding hydrogens is 1050 g/mol. The molecule has 10 rings (SSSR count). The number of esters is 1. The number of nitrogens with one attached hydrogen (secondary N) is 4. The number of halogens is 1. The summed E-state index contributed by atoms with van der Waals surface area (Å²) >= 11 is 0. The van der Waals surface area contributed by atoms with Crippen LogP contribution in [0.25, 0.3) is 33.4 Å². The second kappa shape index (κ2) is 27.8. The summed E-state index contributed by atoms with van der Waals surface area (Å²) in [4.78, 5) is 92.7. The molecule has 0 radical (unpaired) electrons. The molecule has 4 heterocycles. The lowest BCUT2D eigenvalue weighted by molar-refractivity contribution is -0.148. The Balaban J connectivity index is 0.000000621. The van der Waals surface area contributed by atoms with Crippen LogP contribution in [-0.4, -0.2) is 91.2 Å². The van der Waals surface area contributed by atoms with Crippen LogP contribution >= 0.6 is 0 Å². The molecule has 4 aliphatic rings. The molecule has 2 aromatic heterocycles. The lowest BCUT2D eigenvalue weighted by atomic mass is 9.81. The highest BCUT2D eigenvalue weighted by Gasteiger charge is 2.38. The number of primary amides is 1. The van der Waals surface area contributed by atoms with Gasteiger partial charge in [-0.2, -0.15) is 0 Å². The summed E-state index contributed by atoms with van der Waals surface area (Å²) in [7, 11) is 3.55. The molecular formula is C62H74FN9O10. The van der Waals surface area contributed by atoms with Gasteiger partial charge in [0.15, 0.2) is 0 Å². The third-order valence-electron chi connectivity index (χ3n) is 15.3. The first-order chi connectivity index (χ1) is 39.4. The minimum absolute atomic E-state index is 0.0202. The summed E-state index contributed by atoms with van der Waals surface area (Å²) in [5.41, 5.74) is 20.3. The molecule has 8 N–H and O–H groups in total. The summed E-state index contributed by atoms with van der Waals surface area (Å²) in [5.74, 6) is -1.39. The first-order valence-corrected chi connectivity index (χ1v) is 27.6. The number of hydrogen-bond donors (Lipinski definition) is 6. The summed E-state index contributed by atoms with van der Waals surface area (Å²) in [6.45, 7) is 12.8. The summed E-state index contributed by atoms with van der Waals surface area (Å²) in [6.07, 6.45) is 1.87. The topological polar surface area (TPSA) is 268 Å². The third kappa shape index (κ3) is 13.5. The molecule has 5 amide bonds. The highest BCUT2D eigenvalue weighted by Crippen LogP contribution is 2.47. The highest BCUT2D eigenvalue weighted by molar-refractivity contribution is 5.94. The van der Waals surface area contributed by atoms with Gasteiger partial charge in [0.25, 0.3) is 5.56 Å². The first kappa shape index (κ1) is 61.1. The van der Waals surface area contributed by atoms with E-state index < -0.39 is 41.8 Å². The van der Waals surface area contributed by atoms with E-state index in [1.54, 1.807) is 36.7 Å². The number of amides is 5. The van der Waals surface area contributed by atoms with E-state index in [4.69, 9.17) is 29.7 Å². The standard InChI is InChI=1S/C52H47FN6O9.C5H13N.C4H11N.CH3NO/c1-4-31-37-18-44-48-38(22-59(44)49(62)40(37)25-66-50(31)63)47-42(16-15-32-27(2)41(53)19-43(56-48)46(32)47)57-51(64)67-23-28-13-14-30(55-45(61)20-54-26-60)17-29(28)21-58(3)52(65)68-24-39-35-11-7-5-9-33(35)34-10-6-8-12-36(34)39;1-4(2)5(3)6;1-3-4-5-2;2-1-3/h5-14,17-19,26,31,39,42H,4,15-16,20-25H2,1-3H3,(H,54,60)(H,55,61)(H,57,64);4-5H,6H2,1-3H3;5H,3-4H2,1-2H3;1H,(H2,2,3)/t31-,42+;;;/m1.../s1. The number of aryl methyl sites for hydroxylation is 1. The first-order valence-electron chi connectivity index (χ1n) is 27.6. The minimum atomic E-state index is -0.742. The predicted molar refractivity (Wildman–Crippen MR) is 311 cm³/mol. The fourth-order valence-electron chi connectivity index (χ4n) is 10.7. The van der Waals surface area contributed by atoms with Crippen molar-refractivity contribution in [3.05, 3.63) is 151 Å². The number of carbonyl (C=O) groups excluding carboxylic acids is 6. The molecule has 1 unspecified atom stereocenters. The number of alkyl carbamates (subject to hydrolysis) is 1. The Morgan fingerprint density at radius 2 is 1.59 bits per heavy atom. The number of aromatic nitrogens is 2. The number of ether oxygens (including phenoxy) is 3. The largest absolute Gasteiger partial charge is 0.460 e. The molecule has 3 atom stereocenters. The Hall–Kier alpha value is -8.49. The fourth-order valence-corrected chi connectivity index (χ4v) is 10.7. The Labute approximate surface area is 476 Å². The number of benzene rings is 4. The average Bonchev–Trinajstić information content (AvgIpc) is 3.56. The normalized spacial score (nSPS) is 15.1. The van der Waals surface area contributed by atoms with Gasteiger partial charge in [0.05, 0.1) is 47.5 Å². The molecule has 4 aromatic carbocycles. The van der Waals surface area contributed by atoms with Gasteiger partial charge in [-0.25, -0.2) is 19.0 Å². The van der Waals surface area contributed by atoms with Gasteiger partial charge in [-0.15, -0.1) is 0 Å². The van der Waals surface area contributed by atoms with E-state index >= 15 is 4.39 Å². The predicted octanol–water partition coefficient (Wildman–Crippen LogP) is 8.11. The Morgan fingerprint density at radius 3 is 2.20 bits per heavy atom. The molecule has 2 aliphatic carbocycles. The molecule has 0 spiro atoms. The number of nitrogens with zero attached hydrogens (tertiary/aromatic N) is 3. The summed E-state index contributed by atoms with van der Waals surface area (Å²) in [5, 5.41) is 11.9. The molecule has 19 nitrogen and oxygen atoms in total. The van der Waals surface area contributed by atoms with Crippen molar-refractivity contribution in [3.8, 4) is 22.5 Å². The fraction of sp³-hybridized carbons (Fsp3) is 0.387. The zero-order chi connectivity index (χ0) is 59.4. The molecule has 0 bridgehead atoms. The van der Waals surface area contributed by atoms with Gasteiger partial charge in [-0.05, 0) is 133 Å². The van der Waals surface area contributed by atoms with Gasteiger partial charge in [0, 0.05) is 48.3 Å². The monoisotopic (exact) mass is 1120 g/mol. The molecule has 0 saturated heterocycles. The van der Waals surface area contributed by atoms with Gasteiger partial charge < -0.3 is 56.4 Å². The van der Waals surface area contributed by atoms with E-state index in [1.807, 2.05) is 63.4 Å². The van der Waals surface area contributed by atoms with Crippen molar-refractivity contribution in [2.24, 2.45) is 17.4 Å². The number of anilines is 1. The lowest BCUT2D eigenvalue weighted by Gasteiger charge is -2.29. The lowest BCUT2D eigenvalue weighted by Crippen LogP contribution is -2.33. The Kier molecular flexibility index (Phi) is 20.7. The maximum absolute atomic E-state index is 15.5. The van der Waals surface area contributed by atoms with Crippen LogP contribution in [0.4, 0.5) is 19.7 Å². The van der Waals surface area contributed by atoms with Crippen LogP contribution in [0.2, 0.25) is 0 Å². The number of fused-ring (bicyclic) bond motifs is 8. The van der Waals surface area contributed by atoms with E-state index in [2.05, 4.69) is 59.9 Å². The van der Waals surface area contributed by atoms with E-state index in [1.165, 1.54) is 17.4 Å². The molecule has 20 heteroatoms. The molecule has 0 fully saturated rings. The van der Waals surface area contributed by atoms with Crippen molar-refractivity contribution in [1.29, 1.82) is 0 Å². The number of cyclic esters (lactones) is 1. The number of hydrogen-bond acceptors (Lipinski definition) is 13. The second-order valence-corrected chi connectivity index (χ2v) is 21.0. The van der Waals surface area contributed by atoms with E-state index in [9.17, 15) is 28.8 Å². The quantitative estimate of drug-likeness (QED) is 0.0322. The molecule has 2 aliphatic heterocycles. The average molecular weight is 1120 g/mol. The summed E-state index contributed by atoms with van der Waals surface area (Å²) in [6, 6.07) is 24.0. The van der Waals surface area contributed by atoms with Crippen molar-refractivity contribution in [3.63, 3.8) is 0 Å². The number of nitrogens with two attached hydrogens (primary N) is 2. The maximum Gasteiger partial charge on any atom is 0.409 e. The van der Waals surface area contributed by atoms with Gasteiger partial charge in [-0.1, -0.05) is 82.3 Å². The molecule has 434 valence electrons. The molecule has 82 heavy (non-hydrogen) atoms. The van der Waals surface area contributed by atoms with Crippen LogP contribution in [0.3, 0.4) is 0 Å². The van der Waals surface area contributed by atoms with Gasteiger partial charge >= 0.3 is 18.2 Å². The Morgan fingerprint density at radius 1 is 0.915 bits per heavy atom. The van der Waals surface area contributed by atoms with Crippen molar-refractivity contribution in [2.45, 2.75) is 117 Å². The Bertz CT molecular complexity index is 3360. The van der Waals surface area contributed by atoms with Crippen LogP contribution in [0.1, 0.15) is 127 Å². The van der Waals surface area contributed by atoms with Crippen molar-refractivity contribution in [1.82, 2.24) is 30.4 Å². The van der Waals surface area contributed by atoms with E-state index in [0.717, 1.165) is 39.9 Å². The van der Waals surface area contributed by atoms with Crippen LogP contribution in [-0.2, 0) is 66.1 Å². The number of carbonyl (C=O) groups is 6. The van der Waals surface area contributed by atoms with Gasteiger partial charge in [-0.3, -0.25) is 24.0 Å². The zero-order valence-corrected chi connectivity index (χ0v) is 47.8. The zero-order valence-electron chi connectivity index (χ0n) is 47.8. The van der Waals surface area contributed by atoms with E-state index in [0.29, 0.717) is 99.0 Å².